The summed E-state index contributed by atoms with van der Waals surface area (Å²) < 4.78 is 24.0. The number of benzene rings is 1. The zero-order valence-corrected chi connectivity index (χ0v) is 21.0. The van der Waals surface area contributed by atoms with Crippen LogP contribution in [0.25, 0.3) is 0 Å². The Kier molecular flexibility index (Phi) is 7.74. The van der Waals surface area contributed by atoms with Gasteiger partial charge in [0.1, 0.15) is 5.03 Å². The van der Waals surface area contributed by atoms with E-state index in [1.807, 2.05) is 18.4 Å². The smallest absolute Gasteiger partial charge is 0.233 e. The molecule has 8 heteroatoms. The van der Waals surface area contributed by atoms with Crippen molar-refractivity contribution in [3.8, 4) is 0 Å². The molecule has 0 saturated heterocycles. The van der Waals surface area contributed by atoms with Crippen molar-refractivity contribution in [1.29, 1.82) is 0 Å². The predicted octanol–water partition coefficient (Wildman–Crippen LogP) is 5.32. The van der Waals surface area contributed by atoms with Crippen LogP contribution >= 0.6 is 11.8 Å². The second-order valence-corrected chi connectivity index (χ2v) is 12.3. The van der Waals surface area contributed by atoms with E-state index in [-0.39, 0.29) is 22.6 Å². The summed E-state index contributed by atoms with van der Waals surface area (Å²) in [7, 11) is -3.29. The largest absolute Gasteiger partial charge is 0.309 e. The average Bonchev–Trinajstić information content (AvgIpc) is 3.52. The molecule has 2 aromatic rings. The number of aromatic nitrogens is 2. The van der Waals surface area contributed by atoms with E-state index < -0.39 is 9.84 Å². The Hall–Kier alpha value is -1.93. The molecule has 2 fully saturated rings. The third kappa shape index (κ3) is 5.77. The molecule has 1 aromatic heterocycles. The zero-order valence-electron chi connectivity index (χ0n) is 19.4. The number of sulfone groups is 1. The molecule has 4 rings (SSSR count). The van der Waals surface area contributed by atoms with Crippen molar-refractivity contribution in [1.82, 2.24) is 9.97 Å². The molecule has 2 aliphatic carbocycles. The van der Waals surface area contributed by atoms with Gasteiger partial charge in [0, 0.05) is 6.26 Å². The van der Waals surface area contributed by atoms with E-state index in [2.05, 4.69) is 15.3 Å². The van der Waals surface area contributed by atoms with Crippen LogP contribution in [0.2, 0.25) is 0 Å². The highest BCUT2D eigenvalue weighted by Gasteiger charge is 2.42. The van der Waals surface area contributed by atoms with E-state index in [4.69, 9.17) is 0 Å². The zero-order chi connectivity index (χ0) is 23.4. The maximum Gasteiger partial charge on any atom is 0.233 e. The summed E-state index contributed by atoms with van der Waals surface area (Å²) in [6.07, 6.45) is 15.9. The second-order valence-electron chi connectivity index (χ2n) is 9.42. The Morgan fingerprint density at radius 3 is 2.00 bits per heavy atom. The number of anilines is 1. The minimum Gasteiger partial charge on any atom is -0.309 e. The molecule has 6 nitrogen and oxygen atoms in total. The van der Waals surface area contributed by atoms with Gasteiger partial charge in [0.05, 0.1) is 23.2 Å². The summed E-state index contributed by atoms with van der Waals surface area (Å²) in [5.41, 5.74) is 0.886. The van der Waals surface area contributed by atoms with E-state index >= 15 is 0 Å². The normalized spacial score (nSPS) is 18.6. The molecule has 1 amide bonds. The first kappa shape index (κ1) is 24.2. The number of rotatable bonds is 8. The minimum atomic E-state index is -3.29. The summed E-state index contributed by atoms with van der Waals surface area (Å²) in [5.74, 6) is 1.32. The van der Waals surface area contributed by atoms with E-state index in [0.717, 1.165) is 36.3 Å². The van der Waals surface area contributed by atoms with Gasteiger partial charge < -0.3 is 5.32 Å². The number of hydrogen-bond donors (Lipinski definition) is 1. The topological polar surface area (TPSA) is 89.0 Å². The van der Waals surface area contributed by atoms with Crippen LogP contribution in [-0.4, -0.2) is 36.8 Å². The van der Waals surface area contributed by atoms with Crippen molar-refractivity contribution >= 4 is 33.3 Å². The van der Waals surface area contributed by atoms with Crippen molar-refractivity contribution in [3.63, 3.8) is 0 Å². The third-order valence-electron chi connectivity index (χ3n) is 7.31. The third-order valence-corrected chi connectivity index (χ3v) is 9.07. The van der Waals surface area contributed by atoms with Gasteiger partial charge in [-0.1, -0.05) is 63.5 Å². The lowest BCUT2D eigenvalue weighted by Crippen LogP contribution is -2.35. The van der Waals surface area contributed by atoms with Crippen molar-refractivity contribution in [2.75, 3.05) is 17.8 Å². The molecule has 178 valence electrons. The highest BCUT2D eigenvalue weighted by atomic mass is 32.2. The first-order valence-corrected chi connectivity index (χ1v) is 15.0. The van der Waals surface area contributed by atoms with Crippen molar-refractivity contribution in [2.24, 2.45) is 17.8 Å². The van der Waals surface area contributed by atoms with Gasteiger partial charge in [0.2, 0.25) is 5.91 Å². The standard InChI is InChI=1S/C25H33N3O3S2/c1-32-22-16-26-21(15-27-22)28-25(29)24(19-11-13-20(14-12-19)33(2,30)31)23(17-7-3-4-8-17)18-9-5-6-10-18/h11-18,23-24H,3-10H2,1-2H3,(H,26,28,29)/t24-/m0/s1. The van der Waals surface area contributed by atoms with Crippen LogP contribution in [0.1, 0.15) is 62.8 Å². The summed E-state index contributed by atoms with van der Waals surface area (Å²) in [6.45, 7) is 0. The number of carbonyl (C=O) groups excluding carboxylic acids is 1. The average molecular weight is 488 g/mol. The molecular formula is C25H33N3O3S2. The summed E-state index contributed by atoms with van der Waals surface area (Å²) >= 11 is 1.51. The fraction of sp³-hybridized carbons (Fsp3) is 0.560. The van der Waals surface area contributed by atoms with Gasteiger partial charge >= 0.3 is 0 Å². The Bertz CT molecular complexity index is 1030. The lowest BCUT2D eigenvalue weighted by atomic mass is 9.69. The summed E-state index contributed by atoms with van der Waals surface area (Å²) in [4.78, 5) is 22.8. The van der Waals surface area contributed by atoms with Crippen molar-refractivity contribution in [2.45, 2.75) is 67.2 Å². The fourth-order valence-corrected chi connectivity index (χ4v) is 6.72. The van der Waals surface area contributed by atoms with Crippen LogP contribution in [0.15, 0.2) is 46.6 Å². The van der Waals surface area contributed by atoms with Gasteiger partial charge in [0.25, 0.3) is 0 Å². The quantitative estimate of drug-likeness (QED) is 0.507. The highest BCUT2D eigenvalue weighted by Crippen LogP contribution is 2.48. The lowest BCUT2D eigenvalue weighted by Gasteiger charge is -2.36. The second kappa shape index (κ2) is 10.6. The number of thioether (sulfide) groups is 1. The molecule has 1 aromatic carbocycles. The van der Waals surface area contributed by atoms with Crippen LogP contribution in [-0.2, 0) is 14.6 Å². The maximum atomic E-state index is 13.8. The predicted molar refractivity (Wildman–Crippen MR) is 132 cm³/mol. The number of carbonyl (C=O) groups is 1. The molecular weight excluding hydrogens is 454 g/mol. The molecule has 0 radical (unpaired) electrons. The molecule has 0 spiro atoms. The number of hydrogen-bond acceptors (Lipinski definition) is 6. The number of amides is 1. The van der Waals surface area contributed by atoms with E-state index in [9.17, 15) is 13.2 Å². The molecule has 1 heterocycles. The van der Waals surface area contributed by atoms with E-state index in [0.29, 0.717) is 17.7 Å². The summed E-state index contributed by atoms with van der Waals surface area (Å²) in [5, 5.41) is 3.83. The van der Waals surface area contributed by atoms with Crippen LogP contribution in [0, 0.1) is 17.8 Å². The Morgan fingerprint density at radius 1 is 0.970 bits per heavy atom. The van der Waals surface area contributed by atoms with Crippen LogP contribution < -0.4 is 5.32 Å². The highest BCUT2D eigenvalue weighted by molar-refractivity contribution is 7.98. The van der Waals surface area contributed by atoms with E-state index in [1.165, 1.54) is 43.7 Å². The fourth-order valence-electron chi connectivity index (χ4n) is 5.77. The number of nitrogens with one attached hydrogen (secondary N) is 1. The number of nitrogens with zero attached hydrogens (tertiary/aromatic N) is 2. The SMILES string of the molecule is CSc1cnc(NC(=O)[C@@H](c2ccc(S(C)(=O)=O)cc2)C(C2CCCC2)C2CCCC2)cn1. The van der Waals surface area contributed by atoms with Gasteiger partial charge in [-0.05, 0) is 41.7 Å². The van der Waals surface area contributed by atoms with Crippen LogP contribution in [0.3, 0.4) is 0 Å². The van der Waals surface area contributed by atoms with Gasteiger partial charge in [-0.3, -0.25) is 4.79 Å². The monoisotopic (exact) mass is 487 g/mol. The van der Waals surface area contributed by atoms with Crippen molar-refractivity contribution in [3.05, 3.63) is 42.2 Å². The van der Waals surface area contributed by atoms with Gasteiger partial charge in [0.15, 0.2) is 15.7 Å². The molecule has 33 heavy (non-hydrogen) atoms. The first-order valence-electron chi connectivity index (χ1n) is 11.8. The Balaban J connectivity index is 1.70. The van der Waals surface area contributed by atoms with Crippen molar-refractivity contribution < 1.29 is 13.2 Å². The van der Waals surface area contributed by atoms with Gasteiger partial charge in [-0.25, -0.2) is 18.4 Å². The summed E-state index contributed by atoms with van der Waals surface area (Å²) in [6, 6.07) is 6.94. The molecule has 0 bridgehead atoms. The van der Waals surface area contributed by atoms with Gasteiger partial charge in [-0.2, -0.15) is 0 Å². The van der Waals surface area contributed by atoms with Gasteiger partial charge in [-0.15, -0.1) is 11.8 Å². The first-order chi connectivity index (χ1) is 15.9. The molecule has 1 atom stereocenters. The van der Waals surface area contributed by atoms with E-state index in [1.54, 1.807) is 24.5 Å². The molecule has 0 unspecified atom stereocenters. The molecule has 2 aliphatic rings. The van der Waals surface area contributed by atoms with Crippen LogP contribution in [0.5, 0.6) is 0 Å². The minimum absolute atomic E-state index is 0.0721. The lowest BCUT2D eigenvalue weighted by molar-refractivity contribution is -0.120. The molecule has 0 aliphatic heterocycles. The maximum absolute atomic E-state index is 13.8. The Labute approximate surface area is 201 Å². The van der Waals surface area contributed by atoms with Crippen LogP contribution in [0.4, 0.5) is 5.82 Å². The Morgan fingerprint density at radius 2 is 1.55 bits per heavy atom. The molecule has 1 N–H and O–H groups in total. The molecule has 2 saturated carbocycles.